The van der Waals surface area contributed by atoms with E-state index in [1.807, 2.05) is 6.07 Å². The second kappa shape index (κ2) is 10.1. The Kier molecular flexibility index (Phi) is 6.47. The second-order valence-electron chi connectivity index (χ2n) is 9.58. The van der Waals surface area contributed by atoms with Gasteiger partial charge in [-0.25, -0.2) is 0 Å². The number of aromatic nitrogens is 2. The number of amides is 2. The molecule has 42 heavy (non-hydrogen) atoms. The smallest absolute Gasteiger partial charge is 0.297 e. The lowest BCUT2D eigenvalue weighted by Crippen LogP contribution is -2.53. The lowest BCUT2D eigenvalue weighted by atomic mass is 9.84. The van der Waals surface area contributed by atoms with Crippen LogP contribution in [0.2, 0.25) is 10.0 Å². The van der Waals surface area contributed by atoms with Crippen LogP contribution in [0.15, 0.2) is 92.9 Å². The van der Waals surface area contributed by atoms with Crippen molar-refractivity contribution in [3.63, 3.8) is 0 Å². The van der Waals surface area contributed by atoms with Crippen LogP contribution in [0.25, 0.3) is 11.0 Å². The maximum absolute atomic E-state index is 14.6. The molecular weight excluding hydrogens is 615 g/mol. The summed E-state index contributed by atoms with van der Waals surface area (Å²) in [6.07, 6.45) is 1.60. The van der Waals surface area contributed by atoms with E-state index < -0.39 is 22.8 Å². The fourth-order valence-corrected chi connectivity index (χ4v) is 8.00. The van der Waals surface area contributed by atoms with E-state index in [1.54, 1.807) is 66.7 Å². The zero-order valence-electron chi connectivity index (χ0n) is 21.5. The Balaban J connectivity index is 1.41. The first-order valence-electron chi connectivity index (χ1n) is 12.7. The molecule has 0 bridgehead atoms. The van der Waals surface area contributed by atoms with Crippen LogP contribution in [-0.4, -0.2) is 28.6 Å². The Bertz CT molecular complexity index is 2030. The molecule has 0 radical (unpaired) electrons. The Morgan fingerprint density at radius 3 is 2.62 bits per heavy atom. The Morgan fingerprint density at radius 1 is 1.02 bits per heavy atom. The summed E-state index contributed by atoms with van der Waals surface area (Å²) in [6, 6.07) is 19.0. The zero-order chi connectivity index (χ0) is 29.2. The molecule has 7 rings (SSSR count). The van der Waals surface area contributed by atoms with E-state index in [-0.39, 0.29) is 34.0 Å². The molecule has 5 aromatic rings. The predicted molar refractivity (Wildman–Crippen MR) is 165 cm³/mol. The van der Waals surface area contributed by atoms with Gasteiger partial charge in [-0.1, -0.05) is 88.8 Å². The topological polar surface area (TPSA) is 96.6 Å². The number of rotatable bonds is 6. The van der Waals surface area contributed by atoms with Crippen LogP contribution >= 0.6 is 46.3 Å². The van der Waals surface area contributed by atoms with Gasteiger partial charge in [0.05, 0.1) is 16.6 Å². The number of fused-ring (bicyclic) bond motifs is 5. The van der Waals surface area contributed by atoms with E-state index in [9.17, 15) is 14.4 Å². The van der Waals surface area contributed by atoms with Gasteiger partial charge in [-0.3, -0.25) is 19.3 Å². The second-order valence-corrected chi connectivity index (χ2v) is 12.6. The van der Waals surface area contributed by atoms with Crippen LogP contribution in [0.3, 0.4) is 0 Å². The fourth-order valence-electron chi connectivity index (χ4n) is 5.55. The first kappa shape index (κ1) is 26.9. The average molecular weight is 634 g/mol. The number of nitrogens with zero attached hydrogens (tertiary/aromatic N) is 4. The Hall–Kier alpha value is -3.96. The molecule has 3 aromatic carbocycles. The van der Waals surface area contributed by atoms with Crippen molar-refractivity contribution in [2.75, 3.05) is 16.3 Å². The van der Waals surface area contributed by atoms with Crippen molar-refractivity contribution < 1.29 is 14.0 Å². The Morgan fingerprint density at radius 2 is 1.81 bits per heavy atom. The van der Waals surface area contributed by atoms with Crippen LogP contribution in [0.4, 0.5) is 10.8 Å². The molecule has 2 amide bonds. The normalized spacial score (nSPS) is 17.4. The van der Waals surface area contributed by atoms with E-state index in [1.165, 1.54) is 21.6 Å². The first-order chi connectivity index (χ1) is 20.4. The van der Waals surface area contributed by atoms with Crippen molar-refractivity contribution in [3.8, 4) is 0 Å². The molecule has 1 atom stereocenters. The van der Waals surface area contributed by atoms with Crippen LogP contribution in [0.5, 0.6) is 0 Å². The zero-order valence-corrected chi connectivity index (χ0v) is 24.7. The van der Waals surface area contributed by atoms with Crippen molar-refractivity contribution in [1.82, 2.24) is 10.2 Å². The number of para-hydroxylation sites is 2. The molecule has 2 aliphatic rings. The predicted octanol–water partition coefficient (Wildman–Crippen LogP) is 6.68. The van der Waals surface area contributed by atoms with Crippen LogP contribution < -0.4 is 15.2 Å². The van der Waals surface area contributed by atoms with Gasteiger partial charge in [0.1, 0.15) is 5.58 Å². The van der Waals surface area contributed by atoms with Gasteiger partial charge in [0.15, 0.2) is 15.3 Å². The highest BCUT2D eigenvalue weighted by atomic mass is 35.5. The van der Waals surface area contributed by atoms with Gasteiger partial charge in [0, 0.05) is 27.9 Å². The highest BCUT2D eigenvalue weighted by molar-refractivity contribution is 8.00. The number of hydrogen-bond acceptors (Lipinski definition) is 8. The fraction of sp³-hybridized carbons (Fsp3) is 0.100. The van der Waals surface area contributed by atoms with E-state index in [2.05, 4.69) is 16.8 Å². The average Bonchev–Trinajstić information content (AvgIpc) is 3.62. The van der Waals surface area contributed by atoms with Crippen molar-refractivity contribution in [1.29, 1.82) is 0 Å². The molecular formula is C30H18Cl2N4O4S2. The summed E-state index contributed by atoms with van der Waals surface area (Å²) in [5, 5.41) is 10.1. The number of benzene rings is 3. The van der Waals surface area contributed by atoms with Gasteiger partial charge < -0.3 is 9.32 Å². The molecule has 0 N–H and O–H groups in total. The minimum Gasteiger partial charge on any atom is -0.450 e. The maximum Gasteiger partial charge on any atom is 0.297 e. The maximum atomic E-state index is 14.6. The number of hydrogen-bond donors (Lipinski definition) is 0. The third-order valence-electron chi connectivity index (χ3n) is 7.30. The minimum atomic E-state index is -1.84. The summed E-state index contributed by atoms with van der Waals surface area (Å²) < 4.78 is 6.62. The largest absolute Gasteiger partial charge is 0.450 e. The molecule has 2 aromatic heterocycles. The molecule has 12 heteroatoms. The number of carbonyl (C=O) groups excluding carboxylic acids is 2. The van der Waals surface area contributed by atoms with E-state index in [0.717, 1.165) is 16.9 Å². The van der Waals surface area contributed by atoms with Gasteiger partial charge in [-0.2, -0.15) is 0 Å². The van der Waals surface area contributed by atoms with Crippen molar-refractivity contribution >= 4 is 79.9 Å². The monoisotopic (exact) mass is 632 g/mol. The summed E-state index contributed by atoms with van der Waals surface area (Å²) in [5.41, 5.74) is -0.180. The van der Waals surface area contributed by atoms with Gasteiger partial charge in [0.2, 0.25) is 10.9 Å². The molecule has 0 aliphatic carbocycles. The van der Waals surface area contributed by atoms with E-state index in [4.69, 9.17) is 27.6 Å². The quantitative estimate of drug-likeness (QED) is 0.117. The molecule has 0 saturated heterocycles. The van der Waals surface area contributed by atoms with Gasteiger partial charge in [0.25, 0.3) is 11.8 Å². The molecule has 8 nitrogen and oxygen atoms in total. The highest BCUT2D eigenvalue weighted by Crippen LogP contribution is 2.54. The number of halogens is 2. The standard InChI is InChI=1S/C30H18Cl2N4O4S2/c1-2-13-35-21-9-5-4-8-19(21)30(27(35)39)23-24(37)18-7-3-6-10-22(18)40-25(23)26(38)36(30)28-33-34-29(42-28)41-15-16-11-12-17(31)14-20(16)32/h2-12,14H,1,13,15H2. The lowest BCUT2D eigenvalue weighted by molar-refractivity contribution is -0.121. The third-order valence-corrected chi connectivity index (χ3v) is 9.97. The van der Waals surface area contributed by atoms with Gasteiger partial charge >= 0.3 is 0 Å². The third kappa shape index (κ3) is 3.79. The molecule has 0 fully saturated rings. The number of anilines is 2. The minimum absolute atomic E-state index is 0.0347. The molecule has 4 heterocycles. The molecule has 208 valence electrons. The van der Waals surface area contributed by atoms with Crippen molar-refractivity contribution in [2.45, 2.75) is 15.6 Å². The highest BCUT2D eigenvalue weighted by Gasteiger charge is 2.66. The van der Waals surface area contributed by atoms with Gasteiger partial charge in [-0.05, 0) is 35.9 Å². The summed E-state index contributed by atoms with van der Waals surface area (Å²) in [7, 11) is 0. The molecule has 2 aliphatic heterocycles. The van der Waals surface area contributed by atoms with Crippen LogP contribution in [0, 0.1) is 0 Å². The summed E-state index contributed by atoms with van der Waals surface area (Å²) >= 11 is 14.9. The molecule has 1 unspecified atom stereocenters. The molecule has 0 saturated carbocycles. The summed E-state index contributed by atoms with van der Waals surface area (Å²) in [4.78, 5) is 45.8. The Labute approximate surface area is 257 Å². The van der Waals surface area contributed by atoms with Crippen LogP contribution in [0.1, 0.15) is 27.2 Å². The van der Waals surface area contributed by atoms with Crippen molar-refractivity contribution in [3.05, 3.63) is 122 Å². The number of thioether (sulfide) groups is 1. The van der Waals surface area contributed by atoms with Crippen molar-refractivity contribution in [2.24, 2.45) is 0 Å². The van der Waals surface area contributed by atoms with E-state index >= 15 is 0 Å². The van der Waals surface area contributed by atoms with Crippen LogP contribution in [-0.2, 0) is 16.1 Å². The first-order valence-corrected chi connectivity index (χ1v) is 15.3. The van der Waals surface area contributed by atoms with E-state index in [0.29, 0.717) is 31.4 Å². The number of carbonyl (C=O) groups is 2. The lowest BCUT2D eigenvalue weighted by Gasteiger charge is -2.31. The SMILES string of the molecule is C=CCN1C(=O)C2(c3ccccc31)c1c(oc3ccccc3c1=O)C(=O)N2c1nnc(SCc2ccc(Cl)cc2Cl)s1. The van der Waals surface area contributed by atoms with Gasteiger partial charge in [-0.15, -0.1) is 16.8 Å². The molecule has 1 spiro atoms. The summed E-state index contributed by atoms with van der Waals surface area (Å²) in [5.74, 6) is -0.843. The summed E-state index contributed by atoms with van der Waals surface area (Å²) in [6.45, 7) is 3.98.